The second-order valence-corrected chi connectivity index (χ2v) is 17.1. The van der Waals surface area contributed by atoms with Crippen molar-refractivity contribution in [3.63, 3.8) is 0 Å². The zero-order chi connectivity index (χ0) is 42.8. The second kappa shape index (κ2) is 39.6. The minimum Gasteiger partial charge on any atom is -0.462 e. The van der Waals surface area contributed by atoms with Crippen LogP contribution in [0.1, 0.15) is 155 Å². The van der Waals surface area contributed by atoms with Crippen molar-refractivity contribution in [2.24, 2.45) is 0 Å². The van der Waals surface area contributed by atoms with Crippen molar-refractivity contribution in [2.45, 2.75) is 161 Å². The third kappa shape index (κ3) is 42.8. The van der Waals surface area contributed by atoms with E-state index in [9.17, 15) is 19.0 Å². The lowest BCUT2D eigenvalue weighted by Gasteiger charge is -2.24. The van der Waals surface area contributed by atoms with Crippen molar-refractivity contribution in [1.82, 2.24) is 0 Å². The highest BCUT2D eigenvalue weighted by atomic mass is 31.2. The van der Waals surface area contributed by atoms with Gasteiger partial charge in [-0.25, -0.2) is 4.57 Å². The summed E-state index contributed by atoms with van der Waals surface area (Å²) in [5.41, 5.74) is 0. The molecule has 0 saturated carbocycles. The molecule has 0 aliphatic heterocycles. The minimum atomic E-state index is -4.39. The predicted molar refractivity (Wildman–Crippen MR) is 242 cm³/mol. The Hall–Kier alpha value is -2.81. The summed E-state index contributed by atoms with van der Waals surface area (Å²) in [6, 6.07) is 0. The third-order valence-corrected chi connectivity index (χ3v) is 9.89. The lowest BCUT2D eigenvalue weighted by molar-refractivity contribution is -0.870. The minimum absolute atomic E-state index is 0.0178. The number of rotatable bonds is 39. The molecule has 0 spiro atoms. The van der Waals surface area contributed by atoms with Crippen molar-refractivity contribution in [3.8, 4) is 0 Å². The molecule has 9 nitrogen and oxygen atoms in total. The van der Waals surface area contributed by atoms with Gasteiger partial charge in [-0.15, -0.1) is 0 Å². The number of ether oxygens (including phenoxy) is 2. The van der Waals surface area contributed by atoms with E-state index in [4.69, 9.17) is 18.5 Å². The molecule has 0 heterocycles. The largest absolute Gasteiger partial charge is 0.472 e. The van der Waals surface area contributed by atoms with Gasteiger partial charge in [0.2, 0.25) is 0 Å². The van der Waals surface area contributed by atoms with Crippen LogP contribution in [0.4, 0.5) is 0 Å². The van der Waals surface area contributed by atoms with Gasteiger partial charge in [0.1, 0.15) is 19.8 Å². The smallest absolute Gasteiger partial charge is 0.462 e. The van der Waals surface area contributed by atoms with Crippen LogP contribution in [-0.2, 0) is 32.7 Å². The molecule has 1 unspecified atom stereocenters. The maximum atomic E-state index is 12.7. The van der Waals surface area contributed by atoms with Crippen molar-refractivity contribution in [3.05, 3.63) is 85.1 Å². The van der Waals surface area contributed by atoms with Gasteiger partial charge in [-0.3, -0.25) is 18.6 Å². The molecule has 0 bridgehead atoms. The normalized spacial score (nSPS) is 14.4. The summed E-state index contributed by atoms with van der Waals surface area (Å²) in [6.45, 7) is 4.20. The van der Waals surface area contributed by atoms with E-state index in [0.717, 1.165) is 89.9 Å². The molecular formula is C48H83NO8P+. The number of carbonyl (C=O) groups excluding carboxylic acids is 2. The lowest BCUT2D eigenvalue weighted by Crippen LogP contribution is -2.37. The van der Waals surface area contributed by atoms with Gasteiger partial charge in [-0.2, -0.15) is 0 Å². The van der Waals surface area contributed by atoms with Crippen LogP contribution in [0.25, 0.3) is 0 Å². The Balaban J connectivity index is 4.45. The number of unbranched alkanes of at least 4 members (excludes halogenated alkanes) is 11. The first-order valence-electron chi connectivity index (χ1n) is 22.3. The first-order chi connectivity index (χ1) is 28.0. The average Bonchev–Trinajstić information content (AvgIpc) is 3.17. The van der Waals surface area contributed by atoms with Crippen molar-refractivity contribution in [1.29, 1.82) is 0 Å². The highest BCUT2D eigenvalue weighted by molar-refractivity contribution is 7.47. The molecule has 0 aromatic carbocycles. The monoisotopic (exact) mass is 833 g/mol. The summed E-state index contributed by atoms with van der Waals surface area (Å²) < 4.78 is 34.3. The fraction of sp³-hybridized carbons (Fsp3) is 0.667. The Morgan fingerprint density at radius 2 is 0.983 bits per heavy atom. The van der Waals surface area contributed by atoms with E-state index in [0.29, 0.717) is 23.9 Å². The molecule has 10 heteroatoms. The van der Waals surface area contributed by atoms with Crippen LogP contribution in [-0.4, -0.2) is 74.9 Å². The van der Waals surface area contributed by atoms with Crippen molar-refractivity contribution < 1.29 is 42.1 Å². The Morgan fingerprint density at radius 1 is 0.552 bits per heavy atom. The number of hydrogen-bond acceptors (Lipinski definition) is 7. The third-order valence-electron chi connectivity index (χ3n) is 8.91. The molecule has 0 aliphatic rings. The highest BCUT2D eigenvalue weighted by Crippen LogP contribution is 2.43. The molecule has 1 N–H and O–H groups in total. The number of allylic oxidation sites excluding steroid dienone is 14. The van der Waals surface area contributed by atoms with Crippen LogP contribution in [0.2, 0.25) is 0 Å². The number of carbonyl (C=O) groups is 2. The maximum absolute atomic E-state index is 12.7. The van der Waals surface area contributed by atoms with E-state index in [-0.39, 0.29) is 26.1 Å². The number of phosphoric ester groups is 1. The van der Waals surface area contributed by atoms with Gasteiger partial charge in [0.25, 0.3) is 0 Å². The van der Waals surface area contributed by atoms with Gasteiger partial charge in [-0.05, 0) is 89.9 Å². The van der Waals surface area contributed by atoms with E-state index in [1.54, 1.807) is 0 Å². The zero-order valence-electron chi connectivity index (χ0n) is 37.2. The van der Waals surface area contributed by atoms with E-state index in [2.05, 4.69) is 98.9 Å². The van der Waals surface area contributed by atoms with Crippen molar-refractivity contribution >= 4 is 19.8 Å². The van der Waals surface area contributed by atoms with Crippen LogP contribution in [0.5, 0.6) is 0 Å². The standard InChI is InChI=1S/C48H82NO8P/c1-6-8-10-12-14-16-18-20-22-23-24-25-27-28-30-32-34-36-38-40-47(50)54-44-46(45-56-58(52,53)55-43-42-49(3,4)5)57-48(51)41-39-37-35-33-31-29-26-21-19-17-15-13-11-9-7-2/h9,11,14-17,20-22,24-26,28,30,46H,6-8,10,12-13,18-19,23,27,29,31-45H2,1-5H3/p+1/b11-9-,16-14-,17-15-,22-20-,25-24-,26-21-,30-28-/t46-/m1/s1. The number of hydrogen-bond donors (Lipinski definition) is 1. The molecule has 58 heavy (non-hydrogen) atoms. The van der Waals surface area contributed by atoms with Crippen LogP contribution in [0.3, 0.4) is 0 Å². The lowest BCUT2D eigenvalue weighted by atomic mass is 10.1. The summed E-state index contributed by atoms with van der Waals surface area (Å²) >= 11 is 0. The van der Waals surface area contributed by atoms with Gasteiger partial charge < -0.3 is 18.9 Å². The number of likely N-dealkylation sites (N-methyl/N-ethyl adjacent to an activating group) is 1. The SMILES string of the molecule is CC/C=C\C/C=C\C/C=C\CCCCCCCC(=O)O[C@H](COC(=O)CCCCC/C=C\C/C=C\C/C=C\C/C=C\CCCCC)COP(=O)(O)OCC[N+](C)(C)C. The van der Waals surface area contributed by atoms with Crippen LogP contribution in [0, 0.1) is 0 Å². The van der Waals surface area contributed by atoms with Gasteiger partial charge in [0, 0.05) is 12.8 Å². The molecule has 0 aliphatic carbocycles. The van der Waals surface area contributed by atoms with Crippen LogP contribution < -0.4 is 0 Å². The molecule has 2 atom stereocenters. The first-order valence-corrected chi connectivity index (χ1v) is 23.8. The summed E-state index contributed by atoms with van der Waals surface area (Å²) in [5.74, 6) is -0.863. The van der Waals surface area contributed by atoms with Gasteiger partial charge in [0.15, 0.2) is 6.10 Å². The molecule has 0 aromatic rings. The molecule has 0 saturated heterocycles. The fourth-order valence-corrected chi connectivity index (χ4v) is 6.16. The second-order valence-electron chi connectivity index (χ2n) is 15.7. The number of nitrogens with zero attached hydrogens (tertiary/aromatic N) is 1. The van der Waals surface area contributed by atoms with Crippen molar-refractivity contribution in [2.75, 3.05) is 47.5 Å². The van der Waals surface area contributed by atoms with E-state index < -0.39 is 32.5 Å². The topological polar surface area (TPSA) is 108 Å². The summed E-state index contributed by atoms with van der Waals surface area (Å²) in [7, 11) is 1.43. The van der Waals surface area contributed by atoms with Gasteiger partial charge in [0.05, 0.1) is 27.7 Å². The molecule has 332 valence electrons. The zero-order valence-corrected chi connectivity index (χ0v) is 38.1. The quantitative estimate of drug-likeness (QED) is 0.0214. The van der Waals surface area contributed by atoms with E-state index in [1.165, 1.54) is 25.7 Å². The molecular weight excluding hydrogens is 750 g/mol. The van der Waals surface area contributed by atoms with E-state index >= 15 is 0 Å². The maximum Gasteiger partial charge on any atom is 0.472 e. The number of phosphoric acid groups is 1. The summed E-state index contributed by atoms with van der Waals surface area (Å²) in [6.07, 6.45) is 50.6. The molecule has 0 radical (unpaired) electrons. The Morgan fingerprint density at radius 3 is 1.48 bits per heavy atom. The Labute approximate surface area is 354 Å². The highest BCUT2D eigenvalue weighted by Gasteiger charge is 2.27. The average molecular weight is 833 g/mol. The molecule has 0 fully saturated rings. The fourth-order valence-electron chi connectivity index (χ4n) is 5.42. The van der Waals surface area contributed by atoms with Gasteiger partial charge >= 0.3 is 19.8 Å². The van der Waals surface area contributed by atoms with Crippen LogP contribution in [0.15, 0.2) is 85.1 Å². The Bertz CT molecular complexity index is 1260. The molecule has 0 amide bonds. The number of esters is 2. The van der Waals surface area contributed by atoms with Crippen LogP contribution >= 0.6 is 7.82 Å². The summed E-state index contributed by atoms with van der Waals surface area (Å²) in [4.78, 5) is 35.4. The first kappa shape index (κ1) is 55.2. The van der Waals surface area contributed by atoms with E-state index in [1.807, 2.05) is 21.1 Å². The molecule has 0 aromatic heterocycles. The summed E-state index contributed by atoms with van der Waals surface area (Å²) in [5, 5.41) is 0. The van der Waals surface area contributed by atoms with Gasteiger partial charge in [-0.1, -0.05) is 137 Å². The number of quaternary nitrogens is 1. The predicted octanol–water partition coefficient (Wildman–Crippen LogP) is 12.8. The molecule has 0 rings (SSSR count). The Kier molecular flexibility index (Phi) is 37.7.